The molecular weight excluding hydrogens is 355 g/mol. The first-order chi connectivity index (χ1) is 13.4. The SMILES string of the molecule is CC#Cc1cc(C)c(C2C(=O)C(Cc3ccc(F)cn3)N(C)C2=O)c(CC)c1. The molecule has 1 aromatic carbocycles. The van der Waals surface area contributed by atoms with E-state index in [0.29, 0.717) is 12.1 Å². The summed E-state index contributed by atoms with van der Waals surface area (Å²) in [5.41, 5.74) is 4.14. The molecule has 0 aliphatic carbocycles. The second-order valence-electron chi connectivity index (χ2n) is 7.07. The molecule has 1 amide bonds. The number of pyridine rings is 1. The predicted molar refractivity (Wildman–Crippen MR) is 105 cm³/mol. The van der Waals surface area contributed by atoms with Gasteiger partial charge in [0, 0.05) is 24.7 Å². The lowest BCUT2D eigenvalue weighted by molar-refractivity contribution is -0.129. The van der Waals surface area contributed by atoms with Gasteiger partial charge in [-0.25, -0.2) is 4.39 Å². The molecule has 0 N–H and O–H groups in total. The molecule has 4 nitrogen and oxygen atoms in total. The van der Waals surface area contributed by atoms with Gasteiger partial charge in [-0.1, -0.05) is 12.8 Å². The minimum Gasteiger partial charge on any atom is -0.334 e. The third kappa shape index (κ3) is 3.55. The van der Waals surface area contributed by atoms with Crippen LogP contribution >= 0.6 is 0 Å². The van der Waals surface area contributed by atoms with Crippen molar-refractivity contribution in [3.63, 3.8) is 0 Å². The predicted octanol–water partition coefficient (Wildman–Crippen LogP) is 3.20. The third-order valence-electron chi connectivity index (χ3n) is 5.28. The van der Waals surface area contributed by atoms with Gasteiger partial charge in [-0.05, 0) is 61.2 Å². The Hall–Kier alpha value is -3.00. The molecule has 1 aliphatic heterocycles. The van der Waals surface area contributed by atoms with Crippen molar-refractivity contribution in [2.75, 3.05) is 7.05 Å². The molecule has 0 spiro atoms. The molecule has 0 bridgehead atoms. The van der Waals surface area contributed by atoms with Crippen LogP contribution in [-0.2, 0) is 22.4 Å². The first kappa shape index (κ1) is 19.8. The highest BCUT2D eigenvalue weighted by molar-refractivity contribution is 6.15. The van der Waals surface area contributed by atoms with E-state index in [-0.39, 0.29) is 18.1 Å². The fraction of sp³-hybridized carbons (Fsp3) is 0.348. The molecule has 1 saturated heterocycles. The molecule has 2 atom stereocenters. The highest BCUT2D eigenvalue weighted by Gasteiger charge is 2.47. The number of halogens is 1. The fourth-order valence-electron chi connectivity index (χ4n) is 3.88. The van der Waals surface area contributed by atoms with Crippen molar-refractivity contribution in [3.05, 3.63) is 64.2 Å². The van der Waals surface area contributed by atoms with Crippen molar-refractivity contribution in [2.24, 2.45) is 0 Å². The lowest BCUT2D eigenvalue weighted by Crippen LogP contribution is -2.33. The van der Waals surface area contributed by atoms with Crippen LogP contribution < -0.4 is 0 Å². The van der Waals surface area contributed by atoms with Gasteiger partial charge in [-0.3, -0.25) is 14.6 Å². The van der Waals surface area contributed by atoms with Gasteiger partial charge >= 0.3 is 0 Å². The molecule has 28 heavy (non-hydrogen) atoms. The van der Waals surface area contributed by atoms with Crippen molar-refractivity contribution in [1.82, 2.24) is 9.88 Å². The number of hydrogen-bond donors (Lipinski definition) is 0. The average molecular weight is 378 g/mol. The summed E-state index contributed by atoms with van der Waals surface area (Å²) in [6, 6.07) is 6.16. The molecule has 3 rings (SSSR count). The smallest absolute Gasteiger partial charge is 0.238 e. The third-order valence-corrected chi connectivity index (χ3v) is 5.28. The van der Waals surface area contributed by atoms with Crippen LogP contribution in [0.5, 0.6) is 0 Å². The van der Waals surface area contributed by atoms with Gasteiger partial charge in [-0.15, -0.1) is 5.92 Å². The summed E-state index contributed by atoms with van der Waals surface area (Å²) in [4.78, 5) is 31.8. The van der Waals surface area contributed by atoms with E-state index in [0.717, 1.165) is 28.5 Å². The molecule has 0 radical (unpaired) electrons. The van der Waals surface area contributed by atoms with Crippen molar-refractivity contribution in [3.8, 4) is 11.8 Å². The topological polar surface area (TPSA) is 50.3 Å². The van der Waals surface area contributed by atoms with Crippen LogP contribution in [0, 0.1) is 24.6 Å². The number of carbonyl (C=O) groups excluding carboxylic acids is 2. The number of ketones is 1. The highest BCUT2D eigenvalue weighted by Crippen LogP contribution is 2.35. The summed E-state index contributed by atoms with van der Waals surface area (Å²) in [6.07, 6.45) is 2.11. The van der Waals surface area contributed by atoms with E-state index in [1.165, 1.54) is 11.0 Å². The van der Waals surface area contributed by atoms with Gasteiger partial charge in [0.2, 0.25) is 5.91 Å². The molecule has 144 valence electrons. The van der Waals surface area contributed by atoms with Crippen LogP contribution in [0.4, 0.5) is 4.39 Å². The summed E-state index contributed by atoms with van der Waals surface area (Å²) in [5, 5.41) is 0. The van der Waals surface area contributed by atoms with Gasteiger partial charge in [0.15, 0.2) is 5.78 Å². The molecule has 2 heterocycles. The van der Waals surface area contributed by atoms with Gasteiger partial charge in [-0.2, -0.15) is 0 Å². The standard InChI is InChI=1S/C23H23FN2O2/c1-5-7-15-10-14(3)20(16(6-2)11-15)21-22(27)19(26(4)23(21)28)12-18-9-8-17(24)13-25-18/h8-11,13,19,21H,6,12H2,1-4H3. The zero-order chi connectivity index (χ0) is 20.4. The van der Waals surface area contributed by atoms with Crippen LogP contribution in [0.1, 0.15) is 47.7 Å². The lowest BCUT2D eigenvalue weighted by atomic mass is 9.84. The number of amides is 1. The maximum absolute atomic E-state index is 13.2. The molecule has 5 heteroatoms. The summed E-state index contributed by atoms with van der Waals surface area (Å²) in [7, 11) is 1.65. The van der Waals surface area contributed by atoms with E-state index in [1.807, 2.05) is 26.0 Å². The van der Waals surface area contributed by atoms with Crippen molar-refractivity contribution < 1.29 is 14.0 Å². The largest absolute Gasteiger partial charge is 0.334 e. The van der Waals surface area contributed by atoms with Crippen molar-refractivity contribution in [2.45, 2.75) is 45.6 Å². The Morgan fingerprint density at radius 2 is 2.00 bits per heavy atom. The van der Waals surface area contributed by atoms with Crippen LogP contribution in [-0.4, -0.2) is 34.7 Å². The second kappa shape index (κ2) is 7.93. The van der Waals surface area contributed by atoms with Gasteiger partial charge < -0.3 is 4.90 Å². The second-order valence-corrected chi connectivity index (χ2v) is 7.07. The molecule has 0 saturated carbocycles. The summed E-state index contributed by atoms with van der Waals surface area (Å²) >= 11 is 0. The molecule has 1 fully saturated rings. The summed E-state index contributed by atoms with van der Waals surface area (Å²) in [5.74, 6) is 4.36. The maximum atomic E-state index is 13.2. The monoisotopic (exact) mass is 378 g/mol. The van der Waals surface area contributed by atoms with E-state index in [1.54, 1.807) is 20.0 Å². The van der Waals surface area contributed by atoms with Crippen LogP contribution in [0.3, 0.4) is 0 Å². The zero-order valence-corrected chi connectivity index (χ0v) is 16.5. The number of aromatic nitrogens is 1. The minimum absolute atomic E-state index is 0.134. The number of nitrogens with zero attached hydrogens (tertiary/aromatic N) is 2. The Labute approximate surface area is 164 Å². The number of benzene rings is 1. The number of carbonyl (C=O) groups is 2. The number of rotatable bonds is 4. The molecule has 2 unspecified atom stereocenters. The van der Waals surface area contributed by atoms with Crippen LogP contribution in [0.2, 0.25) is 0 Å². The van der Waals surface area contributed by atoms with Gasteiger partial charge in [0.25, 0.3) is 0 Å². The molecule has 1 aromatic heterocycles. The number of Topliss-reactive ketones (excluding diaryl/α,β-unsaturated/α-hetero) is 1. The molecule has 2 aromatic rings. The van der Waals surface area contributed by atoms with Crippen molar-refractivity contribution in [1.29, 1.82) is 0 Å². The zero-order valence-electron chi connectivity index (χ0n) is 16.5. The number of likely N-dealkylation sites (tertiary alicyclic amines) is 1. The normalized spacial score (nSPS) is 19.0. The Morgan fingerprint density at radius 1 is 1.25 bits per heavy atom. The minimum atomic E-state index is -0.811. The van der Waals surface area contributed by atoms with E-state index >= 15 is 0 Å². The Morgan fingerprint density at radius 3 is 2.61 bits per heavy atom. The number of likely N-dealkylation sites (N-methyl/N-ethyl adjacent to an activating group) is 1. The quantitative estimate of drug-likeness (QED) is 0.606. The molecular formula is C23H23FN2O2. The van der Waals surface area contributed by atoms with Crippen LogP contribution in [0.15, 0.2) is 30.5 Å². The van der Waals surface area contributed by atoms with E-state index in [4.69, 9.17) is 0 Å². The van der Waals surface area contributed by atoms with E-state index in [2.05, 4.69) is 16.8 Å². The van der Waals surface area contributed by atoms with Gasteiger partial charge in [0.05, 0.1) is 12.2 Å². The van der Waals surface area contributed by atoms with E-state index < -0.39 is 17.8 Å². The lowest BCUT2D eigenvalue weighted by Gasteiger charge is -2.17. The maximum Gasteiger partial charge on any atom is 0.238 e. The van der Waals surface area contributed by atoms with Gasteiger partial charge in [0.1, 0.15) is 11.7 Å². The summed E-state index contributed by atoms with van der Waals surface area (Å²) in [6.45, 7) is 5.71. The number of hydrogen-bond acceptors (Lipinski definition) is 3. The highest BCUT2D eigenvalue weighted by atomic mass is 19.1. The first-order valence-corrected chi connectivity index (χ1v) is 9.34. The van der Waals surface area contributed by atoms with Crippen LogP contribution in [0.25, 0.3) is 0 Å². The fourth-order valence-corrected chi connectivity index (χ4v) is 3.88. The number of aryl methyl sites for hydroxylation is 2. The Bertz CT molecular complexity index is 986. The summed E-state index contributed by atoms with van der Waals surface area (Å²) < 4.78 is 13.1. The van der Waals surface area contributed by atoms with Crippen molar-refractivity contribution >= 4 is 11.7 Å². The Balaban J connectivity index is 1.98. The Kier molecular flexibility index (Phi) is 5.60. The van der Waals surface area contributed by atoms with E-state index in [9.17, 15) is 14.0 Å². The first-order valence-electron chi connectivity index (χ1n) is 9.34. The average Bonchev–Trinajstić information content (AvgIpc) is 2.87. The molecule has 1 aliphatic rings.